The van der Waals surface area contributed by atoms with Crippen LogP contribution in [0, 0.1) is 5.92 Å². The fourth-order valence-corrected chi connectivity index (χ4v) is 4.96. The van der Waals surface area contributed by atoms with Crippen LogP contribution in [0.25, 0.3) is 0 Å². The van der Waals surface area contributed by atoms with Crippen LogP contribution >= 0.6 is 0 Å². The first kappa shape index (κ1) is 29.1. The summed E-state index contributed by atoms with van der Waals surface area (Å²) >= 11 is 0. The highest BCUT2D eigenvalue weighted by molar-refractivity contribution is 7.92. The van der Waals surface area contributed by atoms with Crippen molar-refractivity contribution in [1.82, 2.24) is 10.2 Å². The minimum Gasteiger partial charge on any atom is -0.497 e. The lowest BCUT2D eigenvalue weighted by Crippen LogP contribution is -2.51. The van der Waals surface area contributed by atoms with Gasteiger partial charge in [0.15, 0.2) is 11.5 Å². The maximum atomic E-state index is 13.8. The molecule has 1 heterocycles. The van der Waals surface area contributed by atoms with Gasteiger partial charge in [-0.3, -0.25) is 13.9 Å². The molecule has 1 atom stereocenters. The van der Waals surface area contributed by atoms with Crippen LogP contribution < -0.4 is 23.8 Å². The Morgan fingerprint density at radius 3 is 2.42 bits per heavy atom. The first-order chi connectivity index (χ1) is 18.1. The Morgan fingerprint density at radius 2 is 1.76 bits per heavy atom. The smallest absolute Gasteiger partial charge is 0.244 e. The molecular weight excluding hydrogens is 510 g/mol. The molecule has 0 saturated heterocycles. The quantitative estimate of drug-likeness (QED) is 0.435. The topological polar surface area (TPSA) is 114 Å². The number of anilines is 1. The molecule has 1 aliphatic heterocycles. The molecule has 208 valence electrons. The van der Waals surface area contributed by atoms with Crippen molar-refractivity contribution in [3.8, 4) is 17.2 Å². The van der Waals surface area contributed by atoms with Crippen molar-refractivity contribution in [1.29, 1.82) is 0 Å². The molecule has 10 nitrogen and oxygen atoms in total. The van der Waals surface area contributed by atoms with Crippen LogP contribution in [0.2, 0.25) is 0 Å². The number of sulfonamides is 1. The number of nitrogens with one attached hydrogen (secondary N) is 1. The number of hydrogen-bond acceptors (Lipinski definition) is 7. The second-order valence-electron chi connectivity index (χ2n) is 9.42. The third-order valence-electron chi connectivity index (χ3n) is 6.13. The third kappa shape index (κ3) is 7.31. The Morgan fingerprint density at radius 1 is 1.05 bits per heavy atom. The van der Waals surface area contributed by atoms with Crippen molar-refractivity contribution in [3.63, 3.8) is 0 Å². The number of ether oxygens (including phenoxy) is 3. The zero-order valence-corrected chi connectivity index (χ0v) is 23.4. The summed E-state index contributed by atoms with van der Waals surface area (Å²) in [5, 5.41) is 2.87. The van der Waals surface area contributed by atoms with E-state index in [1.165, 1.54) is 11.8 Å². The van der Waals surface area contributed by atoms with Gasteiger partial charge in [-0.1, -0.05) is 26.0 Å². The molecule has 1 aliphatic rings. The van der Waals surface area contributed by atoms with Gasteiger partial charge in [0.2, 0.25) is 21.8 Å². The molecule has 11 heteroatoms. The van der Waals surface area contributed by atoms with Crippen LogP contribution in [0.3, 0.4) is 0 Å². The van der Waals surface area contributed by atoms with Crippen molar-refractivity contribution in [2.45, 2.75) is 40.3 Å². The van der Waals surface area contributed by atoms with Crippen molar-refractivity contribution in [2.75, 3.05) is 43.5 Å². The van der Waals surface area contributed by atoms with E-state index in [1.54, 1.807) is 50.4 Å². The molecule has 2 aromatic carbocycles. The standard InChI is InChI=1S/C27H37N3O7S/c1-6-38(33,34)30(22-10-11-24-25(15-22)37-13-12-36-24)18-26(31)29(20(4)27(32)28-16-19(2)3)17-21-8-7-9-23(14-21)35-5/h7-11,14-15,19-20H,6,12-13,16-18H2,1-5H3,(H,28,32)/t20-/m0/s1. The van der Waals surface area contributed by atoms with E-state index in [9.17, 15) is 18.0 Å². The Labute approximate surface area is 224 Å². The van der Waals surface area contributed by atoms with Gasteiger partial charge in [0.05, 0.1) is 18.6 Å². The molecule has 0 fully saturated rings. The molecule has 0 spiro atoms. The van der Waals surface area contributed by atoms with E-state index < -0.39 is 28.5 Å². The largest absolute Gasteiger partial charge is 0.497 e. The van der Waals surface area contributed by atoms with Gasteiger partial charge in [-0.2, -0.15) is 0 Å². The van der Waals surface area contributed by atoms with Crippen molar-refractivity contribution in [3.05, 3.63) is 48.0 Å². The summed E-state index contributed by atoms with van der Waals surface area (Å²) in [6.45, 7) is 7.91. The number of nitrogens with zero attached hydrogens (tertiary/aromatic N) is 2. The summed E-state index contributed by atoms with van der Waals surface area (Å²) in [6.07, 6.45) is 0. The molecule has 2 amide bonds. The summed E-state index contributed by atoms with van der Waals surface area (Å²) in [4.78, 5) is 28.1. The normalized spacial score (nSPS) is 13.5. The Kier molecular flexibility index (Phi) is 9.84. The Bertz CT molecular complexity index is 1230. The van der Waals surface area contributed by atoms with Gasteiger partial charge in [0.25, 0.3) is 0 Å². The number of methoxy groups -OCH3 is 1. The van der Waals surface area contributed by atoms with Crippen LogP contribution in [0.4, 0.5) is 5.69 Å². The van der Waals surface area contributed by atoms with Crippen molar-refractivity contribution < 1.29 is 32.2 Å². The van der Waals surface area contributed by atoms with Crippen LogP contribution in [0.15, 0.2) is 42.5 Å². The maximum absolute atomic E-state index is 13.8. The van der Waals surface area contributed by atoms with Crippen molar-refractivity contribution in [2.24, 2.45) is 5.92 Å². The highest BCUT2D eigenvalue weighted by Crippen LogP contribution is 2.35. The second kappa shape index (κ2) is 12.9. The van der Waals surface area contributed by atoms with Gasteiger partial charge in [-0.15, -0.1) is 0 Å². The van der Waals surface area contributed by atoms with Gasteiger partial charge in [0.1, 0.15) is 31.5 Å². The summed E-state index contributed by atoms with van der Waals surface area (Å²) < 4.78 is 43.8. The predicted octanol–water partition coefficient (Wildman–Crippen LogP) is 2.81. The minimum atomic E-state index is -3.85. The molecule has 0 unspecified atom stereocenters. The molecule has 0 saturated carbocycles. The van der Waals surface area contributed by atoms with Crippen LogP contribution in [-0.4, -0.2) is 70.3 Å². The predicted molar refractivity (Wildman–Crippen MR) is 145 cm³/mol. The van der Waals surface area contributed by atoms with Crippen LogP contribution in [0.1, 0.15) is 33.3 Å². The first-order valence-corrected chi connectivity index (χ1v) is 14.3. The van der Waals surface area contributed by atoms with Gasteiger partial charge in [0, 0.05) is 19.2 Å². The van der Waals surface area contributed by atoms with E-state index in [2.05, 4.69) is 5.32 Å². The van der Waals surface area contributed by atoms with E-state index in [0.717, 1.165) is 9.87 Å². The fourth-order valence-electron chi connectivity index (χ4n) is 3.91. The second-order valence-corrected chi connectivity index (χ2v) is 11.6. The van der Waals surface area contributed by atoms with Crippen LogP contribution in [-0.2, 0) is 26.2 Å². The lowest BCUT2D eigenvalue weighted by molar-refractivity contribution is -0.139. The number of carbonyl (C=O) groups is 2. The summed E-state index contributed by atoms with van der Waals surface area (Å²) in [6, 6.07) is 11.1. The average Bonchev–Trinajstić information content (AvgIpc) is 2.92. The van der Waals surface area contributed by atoms with E-state index >= 15 is 0 Å². The zero-order valence-electron chi connectivity index (χ0n) is 22.6. The lowest BCUT2D eigenvalue weighted by Gasteiger charge is -2.32. The Balaban J connectivity index is 1.94. The van der Waals surface area contributed by atoms with Gasteiger partial charge < -0.3 is 24.4 Å². The van der Waals surface area contributed by atoms with Crippen molar-refractivity contribution >= 4 is 27.5 Å². The molecule has 2 aromatic rings. The first-order valence-electron chi connectivity index (χ1n) is 12.7. The molecule has 1 N–H and O–H groups in total. The van der Waals surface area contributed by atoms with E-state index in [4.69, 9.17) is 14.2 Å². The molecule has 0 aliphatic carbocycles. The Hall–Kier alpha value is -3.47. The number of rotatable bonds is 12. The van der Waals surface area contributed by atoms with Crippen LogP contribution in [0.5, 0.6) is 17.2 Å². The number of amides is 2. The number of benzene rings is 2. The van der Waals surface area contributed by atoms with E-state index in [1.807, 2.05) is 19.9 Å². The van der Waals surface area contributed by atoms with E-state index in [-0.39, 0.29) is 29.8 Å². The highest BCUT2D eigenvalue weighted by atomic mass is 32.2. The number of hydrogen-bond donors (Lipinski definition) is 1. The molecular formula is C27H37N3O7S. The summed E-state index contributed by atoms with van der Waals surface area (Å²) in [7, 11) is -2.30. The summed E-state index contributed by atoms with van der Waals surface area (Å²) in [5.74, 6) is 0.704. The molecule has 0 radical (unpaired) electrons. The summed E-state index contributed by atoms with van der Waals surface area (Å²) in [5.41, 5.74) is 1.02. The highest BCUT2D eigenvalue weighted by Gasteiger charge is 2.31. The molecule has 0 aromatic heterocycles. The minimum absolute atomic E-state index is 0.0907. The SMILES string of the molecule is CCS(=O)(=O)N(CC(=O)N(Cc1cccc(OC)c1)[C@@H](C)C(=O)NCC(C)C)c1ccc2c(c1)OCCO2. The van der Waals surface area contributed by atoms with Gasteiger partial charge in [-0.25, -0.2) is 8.42 Å². The zero-order chi connectivity index (χ0) is 27.9. The fraction of sp³-hybridized carbons (Fsp3) is 0.481. The monoisotopic (exact) mass is 547 g/mol. The van der Waals surface area contributed by atoms with Gasteiger partial charge >= 0.3 is 0 Å². The molecule has 38 heavy (non-hydrogen) atoms. The van der Waals surface area contributed by atoms with E-state index in [0.29, 0.717) is 37.0 Å². The molecule has 3 rings (SSSR count). The lowest BCUT2D eigenvalue weighted by atomic mass is 10.1. The number of fused-ring (bicyclic) bond motifs is 1. The third-order valence-corrected chi connectivity index (χ3v) is 7.87. The molecule has 0 bridgehead atoms. The maximum Gasteiger partial charge on any atom is 0.244 e. The van der Waals surface area contributed by atoms with Gasteiger partial charge in [-0.05, 0) is 49.6 Å². The number of carbonyl (C=O) groups excluding carboxylic acids is 2. The average molecular weight is 548 g/mol.